The molecule has 0 aliphatic carbocycles. The molecule has 98 valence electrons. The number of carbonyl (C=O) groups excluding carboxylic acids is 1. The average molecular weight is 258 g/mol. The van der Waals surface area contributed by atoms with E-state index in [1.807, 2.05) is 0 Å². The van der Waals surface area contributed by atoms with Gasteiger partial charge in [-0.15, -0.1) is 0 Å². The van der Waals surface area contributed by atoms with Gasteiger partial charge in [0.05, 0.1) is 32.7 Å². The Hall–Kier alpha value is -1.76. The second-order valence-corrected chi connectivity index (χ2v) is 3.92. The minimum atomic E-state index is -0.857. The first-order valence-electron chi connectivity index (χ1n) is 5.34. The van der Waals surface area contributed by atoms with E-state index in [9.17, 15) is 13.6 Å². The lowest BCUT2D eigenvalue weighted by Crippen LogP contribution is -2.47. The number of nitrogens with one attached hydrogen (secondary N) is 1. The number of pyridine rings is 1. The Bertz CT molecular complexity index is 432. The van der Waals surface area contributed by atoms with Crippen LogP contribution in [0.1, 0.15) is 0 Å². The van der Waals surface area contributed by atoms with Crippen LogP contribution in [0.25, 0.3) is 0 Å². The van der Waals surface area contributed by atoms with Crippen molar-refractivity contribution in [3.05, 3.63) is 24.0 Å². The number of halogens is 2. The molecular formula is C11H12F2N2O3. The summed E-state index contributed by atoms with van der Waals surface area (Å²) < 4.78 is 36.4. The molecule has 0 saturated carbocycles. The molecule has 1 saturated heterocycles. The summed E-state index contributed by atoms with van der Waals surface area (Å²) in [4.78, 5) is 14.9. The first-order valence-corrected chi connectivity index (χ1v) is 5.34. The Morgan fingerprint density at radius 2 is 2.11 bits per heavy atom. The highest BCUT2D eigenvalue weighted by Crippen LogP contribution is 2.23. The van der Waals surface area contributed by atoms with Crippen molar-refractivity contribution in [2.45, 2.75) is 6.04 Å². The van der Waals surface area contributed by atoms with Crippen molar-refractivity contribution in [1.29, 1.82) is 0 Å². The van der Waals surface area contributed by atoms with Gasteiger partial charge in [0.2, 0.25) is 0 Å². The van der Waals surface area contributed by atoms with Crippen molar-refractivity contribution in [3.63, 3.8) is 0 Å². The van der Waals surface area contributed by atoms with E-state index in [0.29, 0.717) is 13.2 Å². The van der Waals surface area contributed by atoms with Crippen LogP contribution >= 0.6 is 0 Å². The maximum Gasteiger partial charge on any atom is 0.328 e. The summed E-state index contributed by atoms with van der Waals surface area (Å²) in [7, 11) is 1.22. The maximum atomic E-state index is 13.4. The normalized spacial score (nSPS) is 16.8. The molecule has 1 aromatic heterocycles. The monoisotopic (exact) mass is 258 g/mol. The first-order chi connectivity index (χ1) is 8.63. The summed E-state index contributed by atoms with van der Waals surface area (Å²) in [5, 5.41) is 2.52. The SMILES string of the molecule is COC(=O)C(Nc1c(F)cncc1F)C1COC1. The van der Waals surface area contributed by atoms with Gasteiger partial charge in [-0.1, -0.05) is 0 Å². The number of rotatable bonds is 4. The first kappa shape index (κ1) is 12.7. The highest BCUT2D eigenvalue weighted by Gasteiger charge is 2.35. The largest absolute Gasteiger partial charge is 0.467 e. The maximum absolute atomic E-state index is 13.4. The fourth-order valence-electron chi connectivity index (χ4n) is 1.65. The van der Waals surface area contributed by atoms with E-state index in [-0.39, 0.29) is 11.6 Å². The number of esters is 1. The summed E-state index contributed by atoms with van der Waals surface area (Å²) >= 11 is 0. The summed E-state index contributed by atoms with van der Waals surface area (Å²) in [6.45, 7) is 0.697. The number of methoxy groups -OCH3 is 1. The summed E-state index contributed by atoms with van der Waals surface area (Å²) in [6, 6.07) is -0.838. The zero-order valence-electron chi connectivity index (χ0n) is 9.65. The van der Waals surface area contributed by atoms with E-state index < -0.39 is 23.6 Å². The molecule has 1 unspecified atom stereocenters. The van der Waals surface area contributed by atoms with Gasteiger partial charge in [-0.05, 0) is 0 Å². The second kappa shape index (κ2) is 5.26. The molecule has 1 fully saturated rings. The predicted octanol–water partition coefficient (Wildman–Crippen LogP) is 0.960. The lowest BCUT2D eigenvalue weighted by Gasteiger charge is -2.32. The number of hydrogen-bond acceptors (Lipinski definition) is 5. The minimum absolute atomic E-state index is 0.163. The quantitative estimate of drug-likeness (QED) is 0.815. The number of nitrogens with zero attached hydrogens (tertiary/aromatic N) is 1. The van der Waals surface area contributed by atoms with Crippen LogP contribution in [0.4, 0.5) is 14.5 Å². The molecule has 0 aromatic carbocycles. The highest BCUT2D eigenvalue weighted by atomic mass is 19.1. The third-order valence-corrected chi connectivity index (χ3v) is 2.74. The van der Waals surface area contributed by atoms with Crippen LogP contribution in [-0.4, -0.2) is 37.3 Å². The van der Waals surface area contributed by atoms with Gasteiger partial charge in [-0.25, -0.2) is 13.6 Å². The lowest BCUT2D eigenvalue weighted by atomic mass is 9.98. The van der Waals surface area contributed by atoms with Crippen molar-refractivity contribution in [2.75, 3.05) is 25.6 Å². The third-order valence-electron chi connectivity index (χ3n) is 2.74. The van der Waals surface area contributed by atoms with Crippen LogP contribution in [0.5, 0.6) is 0 Å². The van der Waals surface area contributed by atoms with E-state index in [1.54, 1.807) is 0 Å². The van der Waals surface area contributed by atoms with Crippen LogP contribution in [-0.2, 0) is 14.3 Å². The Morgan fingerprint density at radius 1 is 1.50 bits per heavy atom. The molecule has 5 nitrogen and oxygen atoms in total. The van der Waals surface area contributed by atoms with Gasteiger partial charge in [-0.3, -0.25) is 4.98 Å². The Labute approximate surface area is 102 Å². The zero-order chi connectivity index (χ0) is 13.1. The Kier molecular flexibility index (Phi) is 3.71. The average Bonchev–Trinajstić information content (AvgIpc) is 2.29. The summed E-state index contributed by atoms with van der Waals surface area (Å²) in [6.07, 6.45) is 1.74. The fraction of sp³-hybridized carbons (Fsp3) is 0.455. The number of carbonyl (C=O) groups is 1. The van der Waals surface area contributed by atoms with Crippen LogP contribution in [0.15, 0.2) is 12.4 Å². The third kappa shape index (κ3) is 2.40. The number of aromatic nitrogens is 1. The number of anilines is 1. The van der Waals surface area contributed by atoms with Crippen molar-refractivity contribution in [2.24, 2.45) is 5.92 Å². The highest BCUT2D eigenvalue weighted by molar-refractivity contribution is 5.79. The Morgan fingerprint density at radius 3 is 2.56 bits per heavy atom. The minimum Gasteiger partial charge on any atom is -0.467 e. The van der Waals surface area contributed by atoms with E-state index >= 15 is 0 Å². The van der Waals surface area contributed by atoms with Crippen molar-refractivity contribution < 1.29 is 23.0 Å². The summed E-state index contributed by atoms with van der Waals surface area (Å²) in [5.74, 6) is -2.46. The molecule has 1 aliphatic rings. The fourth-order valence-corrected chi connectivity index (χ4v) is 1.65. The molecule has 1 atom stereocenters. The number of hydrogen-bond donors (Lipinski definition) is 1. The predicted molar refractivity (Wildman–Crippen MR) is 57.9 cm³/mol. The van der Waals surface area contributed by atoms with E-state index in [4.69, 9.17) is 4.74 Å². The summed E-state index contributed by atoms with van der Waals surface area (Å²) in [5.41, 5.74) is -0.382. The molecule has 2 heterocycles. The van der Waals surface area contributed by atoms with E-state index in [0.717, 1.165) is 12.4 Å². The van der Waals surface area contributed by atoms with Gasteiger partial charge in [0.15, 0.2) is 11.6 Å². The van der Waals surface area contributed by atoms with Gasteiger partial charge in [0.25, 0.3) is 0 Å². The van der Waals surface area contributed by atoms with Gasteiger partial charge >= 0.3 is 5.97 Å². The molecule has 1 aliphatic heterocycles. The van der Waals surface area contributed by atoms with Gasteiger partial charge in [0.1, 0.15) is 11.7 Å². The van der Waals surface area contributed by atoms with Crippen LogP contribution in [0.3, 0.4) is 0 Å². The van der Waals surface area contributed by atoms with Crippen molar-refractivity contribution >= 4 is 11.7 Å². The smallest absolute Gasteiger partial charge is 0.328 e. The molecule has 0 spiro atoms. The van der Waals surface area contributed by atoms with E-state index in [1.165, 1.54) is 7.11 Å². The van der Waals surface area contributed by atoms with Crippen molar-refractivity contribution in [1.82, 2.24) is 4.98 Å². The number of ether oxygens (including phenoxy) is 2. The van der Waals surface area contributed by atoms with Gasteiger partial charge in [0, 0.05) is 5.92 Å². The molecule has 0 radical (unpaired) electrons. The van der Waals surface area contributed by atoms with Crippen LogP contribution in [0, 0.1) is 17.6 Å². The molecule has 2 rings (SSSR count). The molecule has 1 N–H and O–H groups in total. The molecule has 18 heavy (non-hydrogen) atoms. The second-order valence-electron chi connectivity index (χ2n) is 3.92. The molecule has 0 bridgehead atoms. The standard InChI is InChI=1S/C11H12F2N2O3/c1-17-11(16)9(6-4-18-5-6)15-10-7(12)2-14-3-8(10)13/h2-3,6,9H,4-5H2,1H3,(H,14,15). The molecule has 0 amide bonds. The molecule has 1 aromatic rings. The Balaban J connectivity index is 2.20. The van der Waals surface area contributed by atoms with Crippen molar-refractivity contribution in [3.8, 4) is 0 Å². The van der Waals surface area contributed by atoms with Crippen LogP contribution < -0.4 is 5.32 Å². The molecular weight excluding hydrogens is 246 g/mol. The van der Waals surface area contributed by atoms with Gasteiger partial charge in [-0.2, -0.15) is 0 Å². The van der Waals surface area contributed by atoms with E-state index in [2.05, 4.69) is 15.0 Å². The molecule has 7 heteroatoms. The lowest BCUT2D eigenvalue weighted by molar-refractivity contribution is -0.147. The zero-order valence-corrected chi connectivity index (χ0v) is 9.65. The van der Waals surface area contributed by atoms with Gasteiger partial charge < -0.3 is 14.8 Å². The van der Waals surface area contributed by atoms with Crippen LogP contribution in [0.2, 0.25) is 0 Å². The topological polar surface area (TPSA) is 60.5 Å².